The Morgan fingerprint density at radius 1 is 1.50 bits per heavy atom. The fourth-order valence-corrected chi connectivity index (χ4v) is 2.49. The molecule has 0 saturated heterocycles. The number of nitrogens with zero attached hydrogens (tertiary/aromatic N) is 1. The minimum atomic E-state index is 0.608. The van der Waals surface area contributed by atoms with E-state index in [2.05, 4.69) is 29.6 Å². The summed E-state index contributed by atoms with van der Waals surface area (Å²) < 4.78 is 0. The van der Waals surface area contributed by atoms with Crippen LogP contribution >= 0.6 is 11.8 Å². The van der Waals surface area contributed by atoms with Crippen molar-refractivity contribution in [2.75, 3.05) is 17.6 Å². The van der Waals surface area contributed by atoms with E-state index in [1.54, 1.807) is 0 Å². The molecule has 14 heavy (non-hydrogen) atoms. The first-order chi connectivity index (χ1) is 6.90. The topological polar surface area (TPSA) is 35.8 Å². The molecular weight excluding hydrogens is 192 g/mol. The molecule has 0 amide bonds. The highest BCUT2D eigenvalue weighted by atomic mass is 32.2. The average Bonchev–Trinajstić information content (AvgIpc) is 2.26. The average molecular weight is 204 g/mol. The van der Waals surface area contributed by atoms with Crippen LogP contribution in [0.4, 0.5) is 5.69 Å². The Bertz CT molecular complexity index is 368. The van der Waals surface area contributed by atoms with E-state index in [0.29, 0.717) is 6.42 Å². The van der Waals surface area contributed by atoms with E-state index in [-0.39, 0.29) is 0 Å². The largest absolute Gasteiger partial charge is 0.383 e. The number of rotatable bonds is 2. The number of benzene rings is 1. The molecule has 0 saturated carbocycles. The van der Waals surface area contributed by atoms with Gasteiger partial charge in [-0.25, -0.2) is 0 Å². The van der Waals surface area contributed by atoms with E-state index in [1.807, 2.05) is 11.8 Å². The molecule has 1 aromatic rings. The normalized spacial score (nSPS) is 13.9. The minimum Gasteiger partial charge on any atom is -0.383 e. The van der Waals surface area contributed by atoms with Gasteiger partial charge in [0.05, 0.1) is 6.07 Å². The smallest absolute Gasteiger partial charge is 0.0625 e. The number of fused-ring (bicyclic) bond motifs is 1. The van der Waals surface area contributed by atoms with Crippen LogP contribution in [0.2, 0.25) is 0 Å². The highest BCUT2D eigenvalue weighted by molar-refractivity contribution is 7.99. The zero-order valence-electron chi connectivity index (χ0n) is 7.92. The lowest BCUT2D eigenvalue weighted by atomic mass is 10.1. The van der Waals surface area contributed by atoms with Crippen molar-refractivity contribution in [1.29, 1.82) is 5.26 Å². The maximum absolute atomic E-state index is 8.50. The van der Waals surface area contributed by atoms with Crippen LogP contribution in [0, 0.1) is 11.3 Å². The van der Waals surface area contributed by atoms with Crippen molar-refractivity contribution in [3.05, 3.63) is 23.8 Å². The monoisotopic (exact) mass is 204 g/mol. The van der Waals surface area contributed by atoms with Crippen LogP contribution in [-0.2, 0) is 6.42 Å². The van der Waals surface area contributed by atoms with Crippen LogP contribution in [0.5, 0.6) is 0 Å². The van der Waals surface area contributed by atoms with Gasteiger partial charge in [-0.05, 0) is 24.1 Å². The van der Waals surface area contributed by atoms with Gasteiger partial charge in [0.2, 0.25) is 0 Å². The number of hydrogen-bond donors (Lipinski definition) is 1. The van der Waals surface area contributed by atoms with Gasteiger partial charge < -0.3 is 5.32 Å². The molecule has 1 aliphatic heterocycles. The molecule has 0 fully saturated rings. The van der Waals surface area contributed by atoms with E-state index >= 15 is 0 Å². The van der Waals surface area contributed by atoms with Crippen molar-refractivity contribution in [1.82, 2.24) is 0 Å². The summed E-state index contributed by atoms with van der Waals surface area (Å²) in [7, 11) is 0. The van der Waals surface area contributed by atoms with E-state index in [1.165, 1.54) is 16.1 Å². The Balaban J connectivity index is 2.17. The highest BCUT2D eigenvalue weighted by Gasteiger charge is 2.08. The fourth-order valence-electron chi connectivity index (χ4n) is 1.53. The van der Waals surface area contributed by atoms with Gasteiger partial charge >= 0.3 is 0 Å². The molecule has 0 aliphatic carbocycles. The Kier molecular flexibility index (Phi) is 2.95. The van der Waals surface area contributed by atoms with Gasteiger partial charge in [-0.2, -0.15) is 5.26 Å². The first-order valence-electron chi connectivity index (χ1n) is 4.77. The maximum atomic E-state index is 8.50. The standard InChI is InChI=1S/C11H12N2S/c12-5-1-2-9-3-4-10-11(8-9)14-7-6-13-10/h3-4,8,13H,1-2,6-7H2. The second-order valence-electron chi connectivity index (χ2n) is 3.26. The number of thioether (sulfide) groups is 1. The molecule has 0 bridgehead atoms. The Labute approximate surface area is 88.3 Å². The third kappa shape index (κ3) is 2.02. The van der Waals surface area contributed by atoms with Crippen LogP contribution in [0.3, 0.4) is 0 Å². The molecule has 3 heteroatoms. The summed E-state index contributed by atoms with van der Waals surface area (Å²) in [6.45, 7) is 1.05. The summed E-state index contributed by atoms with van der Waals surface area (Å²) in [4.78, 5) is 1.33. The number of nitrogens with one attached hydrogen (secondary N) is 1. The molecule has 72 valence electrons. The summed E-state index contributed by atoms with van der Waals surface area (Å²) in [5.41, 5.74) is 2.50. The molecule has 1 aromatic carbocycles. The van der Waals surface area contributed by atoms with E-state index in [0.717, 1.165) is 18.7 Å². The molecule has 1 aliphatic rings. The predicted octanol–water partition coefficient (Wildman–Crippen LogP) is 2.66. The Morgan fingerprint density at radius 2 is 2.43 bits per heavy atom. The van der Waals surface area contributed by atoms with E-state index in [9.17, 15) is 0 Å². The fraction of sp³-hybridized carbons (Fsp3) is 0.364. The zero-order chi connectivity index (χ0) is 9.80. The number of anilines is 1. The van der Waals surface area contributed by atoms with Crippen LogP contribution < -0.4 is 5.32 Å². The van der Waals surface area contributed by atoms with Crippen molar-refractivity contribution in [2.24, 2.45) is 0 Å². The Morgan fingerprint density at radius 3 is 3.29 bits per heavy atom. The van der Waals surface area contributed by atoms with Crippen molar-refractivity contribution in [3.63, 3.8) is 0 Å². The van der Waals surface area contributed by atoms with E-state index < -0.39 is 0 Å². The van der Waals surface area contributed by atoms with Gasteiger partial charge in [-0.3, -0.25) is 0 Å². The van der Waals surface area contributed by atoms with Gasteiger partial charge in [-0.15, -0.1) is 11.8 Å². The van der Waals surface area contributed by atoms with Gasteiger partial charge in [0.25, 0.3) is 0 Å². The van der Waals surface area contributed by atoms with Gasteiger partial charge in [-0.1, -0.05) is 6.07 Å². The second-order valence-corrected chi connectivity index (χ2v) is 4.40. The SMILES string of the molecule is N#CCCc1ccc2c(c1)SCCN2. The van der Waals surface area contributed by atoms with Gasteiger partial charge in [0.1, 0.15) is 0 Å². The first-order valence-corrected chi connectivity index (χ1v) is 5.75. The highest BCUT2D eigenvalue weighted by Crippen LogP contribution is 2.31. The molecule has 0 radical (unpaired) electrons. The third-order valence-corrected chi connectivity index (χ3v) is 3.30. The van der Waals surface area contributed by atoms with E-state index in [4.69, 9.17) is 5.26 Å². The second kappa shape index (κ2) is 4.39. The first kappa shape index (κ1) is 9.42. The Hall–Kier alpha value is -1.14. The molecule has 0 unspecified atom stereocenters. The van der Waals surface area contributed by atoms with Gasteiger partial charge in [0, 0.05) is 29.3 Å². The van der Waals surface area contributed by atoms with Gasteiger partial charge in [0.15, 0.2) is 0 Å². The van der Waals surface area contributed by atoms with Crippen molar-refractivity contribution < 1.29 is 0 Å². The molecule has 0 atom stereocenters. The number of aryl methyl sites for hydroxylation is 1. The molecular formula is C11H12N2S. The summed E-state index contributed by atoms with van der Waals surface area (Å²) in [5, 5.41) is 11.9. The van der Waals surface area contributed by atoms with Crippen molar-refractivity contribution >= 4 is 17.4 Å². The maximum Gasteiger partial charge on any atom is 0.0625 e. The van der Waals surface area contributed by atoms with Crippen LogP contribution in [0.25, 0.3) is 0 Å². The molecule has 1 heterocycles. The number of hydrogen-bond acceptors (Lipinski definition) is 3. The number of nitriles is 1. The summed E-state index contributed by atoms with van der Waals surface area (Å²) in [6, 6.07) is 8.60. The van der Waals surface area contributed by atoms with Crippen LogP contribution in [0.15, 0.2) is 23.1 Å². The van der Waals surface area contributed by atoms with Crippen LogP contribution in [0.1, 0.15) is 12.0 Å². The molecule has 2 rings (SSSR count). The molecule has 2 nitrogen and oxygen atoms in total. The minimum absolute atomic E-state index is 0.608. The lowest BCUT2D eigenvalue weighted by Crippen LogP contribution is -2.10. The lowest BCUT2D eigenvalue weighted by molar-refractivity contribution is 1.00. The lowest BCUT2D eigenvalue weighted by Gasteiger charge is -2.17. The quantitative estimate of drug-likeness (QED) is 0.804. The molecule has 0 spiro atoms. The summed E-state index contributed by atoms with van der Waals surface area (Å²) in [6.07, 6.45) is 1.47. The van der Waals surface area contributed by atoms with Crippen molar-refractivity contribution in [2.45, 2.75) is 17.7 Å². The summed E-state index contributed by atoms with van der Waals surface area (Å²) in [5.74, 6) is 1.13. The predicted molar refractivity (Wildman–Crippen MR) is 59.6 cm³/mol. The molecule has 1 N–H and O–H groups in total. The molecule has 0 aromatic heterocycles. The zero-order valence-corrected chi connectivity index (χ0v) is 8.73. The van der Waals surface area contributed by atoms with Crippen LogP contribution in [-0.4, -0.2) is 12.3 Å². The van der Waals surface area contributed by atoms with Crippen molar-refractivity contribution in [3.8, 4) is 6.07 Å². The third-order valence-electron chi connectivity index (χ3n) is 2.25. The summed E-state index contributed by atoms with van der Waals surface area (Å²) >= 11 is 1.89.